The zero-order valence-electron chi connectivity index (χ0n) is 12.3. The van der Waals surface area contributed by atoms with Crippen molar-refractivity contribution < 1.29 is 9.53 Å². The zero-order valence-corrected chi connectivity index (χ0v) is 12.3. The van der Waals surface area contributed by atoms with E-state index in [1.165, 1.54) is 0 Å². The Morgan fingerprint density at radius 1 is 1.48 bits per heavy atom. The van der Waals surface area contributed by atoms with E-state index < -0.39 is 0 Å². The van der Waals surface area contributed by atoms with Crippen LogP contribution in [-0.4, -0.2) is 40.4 Å². The summed E-state index contributed by atoms with van der Waals surface area (Å²) >= 11 is 0. The molecule has 0 radical (unpaired) electrons. The van der Waals surface area contributed by atoms with E-state index >= 15 is 0 Å². The van der Waals surface area contributed by atoms with Crippen LogP contribution in [0.5, 0.6) is 0 Å². The van der Waals surface area contributed by atoms with Gasteiger partial charge < -0.3 is 10.1 Å². The van der Waals surface area contributed by atoms with Crippen molar-refractivity contribution in [2.75, 3.05) is 25.0 Å². The number of allylic oxidation sites excluding steroid dienone is 1. The predicted molar refractivity (Wildman–Crippen MR) is 77.7 cm³/mol. The number of amides is 1. The molecule has 2 aliphatic heterocycles. The Morgan fingerprint density at radius 2 is 2.29 bits per heavy atom. The van der Waals surface area contributed by atoms with Crippen molar-refractivity contribution in [3.63, 3.8) is 0 Å². The molecule has 7 nitrogen and oxygen atoms in total. The van der Waals surface area contributed by atoms with Crippen LogP contribution in [0, 0.1) is 0 Å². The fraction of sp³-hybridized carbons (Fsp3) is 0.643. The van der Waals surface area contributed by atoms with E-state index in [0.717, 1.165) is 44.6 Å². The van der Waals surface area contributed by atoms with Crippen molar-refractivity contribution in [2.24, 2.45) is 7.05 Å². The molecule has 1 aromatic heterocycles. The van der Waals surface area contributed by atoms with Gasteiger partial charge in [-0.25, -0.2) is 4.68 Å². The standard InChI is InChI=1S/C14H21N5O2/c1-19-14(17-13(20)11-4-2-3-9-21-11)16-12(18-19)10-5-7-15-8-6-10/h4,10,15H,2-3,5-9H2,1H3,(H,16,17,18,20). The molecule has 114 valence electrons. The third kappa shape index (κ3) is 3.24. The lowest BCUT2D eigenvalue weighted by atomic mass is 9.98. The molecule has 0 unspecified atom stereocenters. The molecule has 7 heteroatoms. The summed E-state index contributed by atoms with van der Waals surface area (Å²) in [6.45, 7) is 2.58. The molecule has 2 aliphatic rings. The average Bonchev–Trinajstić information content (AvgIpc) is 2.90. The summed E-state index contributed by atoms with van der Waals surface area (Å²) in [5, 5.41) is 10.5. The van der Waals surface area contributed by atoms with Crippen LogP contribution >= 0.6 is 0 Å². The number of aromatic nitrogens is 3. The highest BCUT2D eigenvalue weighted by molar-refractivity contribution is 6.01. The molecule has 21 heavy (non-hydrogen) atoms. The Bertz CT molecular complexity index is 546. The second-order valence-electron chi connectivity index (χ2n) is 5.45. The van der Waals surface area contributed by atoms with E-state index in [0.29, 0.717) is 24.2 Å². The fourth-order valence-corrected chi connectivity index (χ4v) is 2.65. The van der Waals surface area contributed by atoms with Crippen LogP contribution < -0.4 is 10.6 Å². The minimum absolute atomic E-state index is 0.248. The van der Waals surface area contributed by atoms with E-state index in [1.807, 2.05) is 6.08 Å². The quantitative estimate of drug-likeness (QED) is 0.865. The largest absolute Gasteiger partial charge is 0.488 e. The number of aryl methyl sites for hydroxylation is 1. The molecule has 1 fully saturated rings. The molecule has 0 bridgehead atoms. The van der Waals surface area contributed by atoms with Crippen molar-refractivity contribution >= 4 is 11.9 Å². The van der Waals surface area contributed by atoms with E-state index in [-0.39, 0.29) is 5.91 Å². The maximum atomic E-state index is 12.1. The normalized spacial score (nSPS) is 19.8. The summed E-state index contributed by atoms with van der Waals surface area (Å²) in [6.07, 6.45) is 5.72. The molecule has 0 spiro atoms. The minimum Gasteiger partial charge on any atom is -0.488 e. The van der Waals surface area contributed by atoms with Crippen LogP contribution in [0.25, 0.3) is 0 Å². The van der Waals surface area contributed by atoms with Gasteiger partial charge in [-0.3, -0.25) is 10.1 Å². The van der Waals surface area contributed by atoms with Gasteiger partial charge in [-0.2, -0.15) is 10.1 Å². The summed E-state index contributed by atoms with van der Waals surface area (Å²) in [4.78, 5) is 16.6. The number of anilines is 1. The monoisotopic (exact) mass is 291 g/mol. The van der Waals surface area contributed by atoms with Crippen molar-refractivity contribution in [3.05, 3.63) is 17.7 Å². The van der Waals surface area contributed by atoms with Gasteiger partial charge in [0.2, 0.25) is 5.95 Å². The molecular formula is C14H21N5O2. The lowest BCUT2D eigenvalue weighted by Gasteiger charge is -2.19. The van der Waals surface area contributed by atoms with Crippen LogP contribution in [0.15, 0.2) is 11.8 Å². The van der Waals surface area contributed by atoms with Gasteiger partial charge in [-0.05, 0) is 44.8 Å². The smallest absolute Gasteiger partial charge is 0.292 e. The fourth-order valence-electron chi connectivity index (χ4n) is 2.65. The van der Waals surface area contributed by atoms with Crippen LogP contribution in [0.4, 0.5) is 5.95 Å². The van der Waals surface area contributed by atoms with Gasteiger partial charge in [0.15, 0.2) is 11.6 Å². The average molecular weight is 291 g/mol. The molecule has 3 rings (SSSR count). The maximum Gasteiger partial charge on any atom is 0.292 e. The van der Waals surface area contributed by atoms with Crippen molar-refractivity contribution in [3.8, 4) is 0 Å². The van der Waals surface area contributed by atoms with E-state index in [2.05, 4.69) is 20.7 Å². The number of hydrogen-bond donors (Lipinski definition) is 2. The maximum absolute atomic E-state index is 12.1. The van der Waals surface area contributed by atoms with E-state index in [4.69, 9.17) is 4.74 Å². The molecule has 1 aromatic rings. The highest BCUT2D eigenvalue weighted by Crippen LogP contribution is 2.23. The minimum atomic E-state index is -0.248. The van der Waals surface area contributed by atoms with Crippen LogP contribution in [0.2, 0.25) is 0 Å². The first-order valence-electron chi connectivity index (χ1n) is 7.50. The lowest BCUT2D eigenvalue weighted by molar-refractivity contribution is -0.116. The molecule has 0 aliphatic carbocycles. The number of ether oxygens (including phenoxy) is 1. The Hall–Kier alpha value is -1.89. The van der Waals surface area contributed by atoms with Gasteiger partial charge >= 0.3 is 0 Å². The SMILES string of the molecule is Cn1nc(C2CCNCC2)nc1NC(=O)C1=CCCCO1. The Balaban J connectivity index is 1.69. The second kappa shape index (κ2) is 6.26. The van der Waals surface area contributed by atoms with E-state index in [9.17, 15) is 4.79 Å². The Morgan fingerprint density at radius 3 is 3.00 bits per heavy atom. The van der Waals surface area contributed by atoms with Gasteiger partial charge in [-0.1, -0.05) is 0 Å². The third-order valence-corrected chi connectivity index (χ3v) is 3.87. The summed E-state index contributed by atoms with van der Waals surface area (Å²) < 4.78 is 6.98. The number of nitrogens with zero attached hydrogens (tertiary/aromatic N) is 3. The first-order chi connectivity index (χ1) is 10.2. The molecule has 0 atom stereocenters. The van der Waals surface area contributed by atoms with Crippen molar-refractivity contribution in [1.29, 1.82) is 0 Å². The van der Waals surface area contributed by atoms with Gasteiger partial charge in [0.25, 0.3) is 5.91 Å². The highest BCUT2D eigenvalue weighted by Gasteiger charge is 2.22. The van der Waals surface area contributed by atoms with Crippen molar-refractivity contribution in [2.45, 2.75) is 31.6 Å². The Labute approximate surface area is 123 Å². The van der Waals surface area contributed by atoms with Crippen LogP contribution in [0.3, 0.4) is 0 Å². The van der Waals surface area contributed by atoms with Crippen LogP contribution in [-0.2, 0) is 16.6 Å². The first kappa shape index (κ1) is 14.1. The number of carbonyl (C=O) groups excluding carboxylic acids is 1. The van der Waals surface area contributed by atoms with Gasteiger partial charge in [0, 0.05) is 13.0 Å². The summed E-state index contributed by atoms with van der Waals surface area (Å²) in [5.41, 5.74) is 0. The number of carbonyl (C=O) groups is 1. The topological polar surface area (TPSA) is 81.1 Å². The molecular weight excluding hydrogens is 270 g/mol. The molecule has 0 saturated carbocycles. The zero-order chi connectivity index (χ0) is 14.7. The van der Waals surface area contributed by atoms with E-state index in [1.54, 1.807) is 11.7 Å². The number of rotatable bonds is 3. The van der Waals surface area contributed by atoms with Crippen LogP contribution in [0.1, 0.15) is 37.4 Å². The molecule has 1 amide bonds. The molecule has 1 saturated heterocycles. The van der Waals surface area contributed by atoms with Gasteiger partial charge in [-0.15, -0.1) is 0 Å². The number of piperidine rings is 1. The number of hydrogen-bond acceptors (Lipinski definition) is 5. The second-order valence-corrected chi connectivity index (χ2v) is 5.45. The summed E-state index contributed by atoms with van der Waals surface area (Å²) in [6, 6.07) is 0. The number of nitrogens with one attached hydrogen (secondary N) is 2. The third-order valence-electron chi connectivity index (χ3n) is 3.87. The molecule has 2 N–H and O–H groups in total. The summed E-state index contributed by atoms with van der Waals surface area (Å²) in [7, 11) is 1.79. The van der Waals surface area contributed by atoms with Gasteiger partial charge in [0.05, 0.1) is 6.61 Å². The van der Waals surface area contributed by atoms with Crippen molar-refractivity contribution in [1.82, 2.24) is 20.1 Å². The summed E-state index contributed by atoms with van der Waals surface area (Å²) in [5.74, 6) is 1.79. The first-order valence-corrected chi connectivity index (χ1v) is 7.50. The molecule has 0 aromatic carbocycles. The Kier molecular flexibility index (Phi) is 4.19. The predicted octanol–water partition coefficient (Wildman–Crippen LogP) is 0.915. The molecule has 3 heterocycles. The van der Waals surface area contributed by atoms with Gasteiger partial charge in [0.1, 0.15) is 0 Å². The lowest BCUT2D eigenvalue weighted by Crippen LogP contribution is -2.27. The highest BCUT2D eigenvalue weighted by atomic mass is 16.5.